The van der Waals surface area contributed by atoms with Crippen LogP contribution in [-0.2, 0) is 5.41 Å². The van der Waals surface area contributed by atoms with Crippen LogP contribution in [0.4, 0.5) is 0 Å². The molecule has 0 aliphatic heterocycles. The van der Waals surface area contributed by atoms with E-state index < -0.39 is 0 Å². The second-order valence-electron chi connectivity index (χ2n) is 36.4. The first-order valence-corrected chi connectivity index (χ1v) is 46.1. The summed E-state index contributed by atoms with van der Waals surface area (Å²) in [4.78, 5) is 19.5. The quantitative estimate of drug-likeness (QED) is 0.114. The van der Waals surface area contributed by atoms with Gasteiger partial charge in [0.15, 0.2) is 11.2 Å². The zero-order valence-corrected chi connectivity index (χ0v) is 73.5. The van der Waals surface area contributed by atoms with Gasteiger partial charge in [-0.05, 0) is 252 Å². The molecule has 10 nitrogen and oxygen atoms in total. The van der Waals surface area contributed by atoms with E-state index in [0.29, 0.717) is 11.2 Å². The molecule has 0 unspecified atom stereocenters. The molecule has 135 heavy (non-hydrogen) atoms. The maximum atomic E-state index is 6.98. The molecule has 630 valence electrons. The summed E-state index contributed by atoms with van der Waals surface area (Å²) >= 11 is 0. The Morgan fingerprint density at radius 3 is 1.06 bits per heavy atom. The summed E-state index contributed by atoms with van der Waals surface area (Å²) < 4.78 is 23.4. The van der Waals surface area contributed by atoms with Crippen molar-refractivity contribution in [3.05, 3.63) is 448 Å². The molecule has 0 saturated carbocycles. The van der Waals surface area contributed by atoms with Gasteiger partial charge in [0.05, 0.1) is 44.1 Å². The van der Waals surface area contributed by atoms with Crippen LogP contribution in [0.1, 0.15) is 25.0 Å². The van der Waals surface area contributed by atoms with Crippen LogP contribution in [0, 0.1) is 0 Å². The third-order valence-electron chi connectivity index (χ3n) is 28.6. The van der Waals surface area contributed by atoms with Gasteiger partial charge in [0, 0.05) is 98.7 Å². The highest BCUT2D eigenvalue weighted by atomic mass is 16.3. The fourth-order valence-corrected chi connectivity index (χ4v) is 22.1. The van der Waals surface area contributed by atoms with Crippen molar-refractivity contribution in [1.29, 1.82) is 0 Å². The molecule has 0 radical (unpaired) electrons. The van der Waals surface area contributed by atoms with E-state index in [1.54, 1.807) is 12.7 Å². The van der Waals surface area contributed by atoms with Crippen LogP contribution in [0.25, 0.3) is 266 Å². The van der Waals surface area contributed by atoms with Crippen LogP contribution in [0.3, 0.4) is 0 Å². The topological polar surface area (TPSA) is 97.6 Å². The molecule has 0 amide bonds. The van der Waals surface area contributed by atoms with E-state index in [4.69, 9.17) is 28.8 Å². The molecule has 10 heteroatoms. The smallest absolute Gasteiger partial charge is 0.180 e. The number of furan rings is 2. The number of aromatic nitrogens is 8. The summed E-state index contributed by atoms with van der Waals surface area (Å²) in [5.74, 6) is 0. The standard InChI is InChI=1S/C125H78N8O2/c1-125(2)107-34-13-9-28-95(107)96-57-49-89(71-108(96)125)94-32-19-33-101-121-124(135-122(94)101)119(127-74-129-121)78-44-42-76(43-45-78)82-22-18-27-93(65-82)133-115-62-50-83(69-105(115)106-70-87(54-63-116(106)133)86-52-60-113-103(68-86)98-30-11-15-36-110(98)131(113)91-25-7-4-8-26-91)81-21-17-20-80(64-81)75-38-40-77(41-39-75)88-48-58-100-117(72-88)134-123-118(126-73-128-120(100)123)79-46-55-92(56-47-79)132-111-37-16-12-31-99(111)104-67-85(53-61-114(104)132)84-51-59-112-102(66-84)97-29-10-14-35-109(97)130(112)90-23-5-3-6-24-90/h3-74H,1-2H3. The lowest BCUT2D eigenvalue weighted by molar-refractivity contribution is 0.660. The van der Waals surface area contributed by atoms with Gasteiger partial charge in [0.25, 0.3) is 0 Å². The minimum atomic E-state index is -0.135. The Labute approximate surface area is 775 Å². The van der Waals surface area contributed by atoms with Crippen LogP contribution in [0.2, 0.25) is 0 Å². The van der Waals surface area contributed by atoms with Crippen molar-refractivity contribution >= 4 is 131 Å². The average Bonchev–Trinajstić information content (AvgIpc) is 1.62. The van der Waals surface area contributed by atoms with Crippen molar-refractivity contribution in [3.8, 4) is 134 Å². The molecular weight excluding hydrogens is 1650 g/mol. The third-order valence-corrected chi connectivity index (χ3v) is 28.6. The van der Waals surface area contributed by atoms with E-state index in [1.807, 2.05) is 0 Å². The molecule has 0 saturated heterocycles. The van der Waals surface area contributed by atoms with Gasteiger partial charge in [-0.25, -0.2) is 19.9 Å². The fourth-order valence-electron chi connectivity index (χ4n) is 22.1. The Kier molecular flexibility index (Phi) is 16.7. The number of para-hydroxylation sites is 6. The molecule has 0 fully saturated rings. The zero-order chi connectivity index (χ0) is 88.8. The Balaban J connectivity index is 0.480. The van der Waals surface area contributed by atoms with E-state index in [0.717, 1.165) is 178 Å². The lowest BCUT2D eigenvalue weighted by Crippen LogP contribution is -2.14. The van der Waals surface area contributed by atoms with Gasteiger partial charge in [0.1, 0.15) is 46.2 Å². The number of benzene rings is 19. The summed E-state index contributed by atoms with van der Waals surface area (Å²) in [7, 11) is 0. The Bertz CT molecular complexity index is 9640. The molecule has 0 bridgehead atoms. The second-order valence-corrected chi connectivity index (χ2v) is 36.4. The van der Waals surface area contributed by atoms with Crippen LogP contribution < -0.4 is 0 Å². The number of rotatable bonds is 13. The first-order chi connectivity index (χ1) is 66.7. The van der Waals surface area contributed by atoms with E-state index in [-0.39, 0.29) is 5.41 Å². The largest absolute Gasteiger partial charge is 0.452 e. The second kappa shape index (κ2) is 29.6. The molecule has 8 heterocycles. The van der Waals surface area contributed by atoms with Crippen LogP contribution >= 0.6 is 0 Å². The predicted molar refractivity (Wildman–Crippen MR) is 556 cm³/mol. The van der Waals surface area contributed by atoms with E-state index >= 15 is 0 Å². The van der Waals surface area contributed by atoms with Crippen LogP contribution in [0.5, 0.6) is 0 Å². The van der Waals surface area contributed by atoms with Gasteiger partial charge in [-0.15, -0.1) is 0 Å². The highest BCUT2D eigenvalue weighted by Gasteiger charge is 2.36. The highest BCUT2D eigenvalue weighted by molar-refractivity contribution is 6.17. The first kappa shape index (κ1) is 76.1. The van der Waals surface area contributed by atoms with Crippen LogP contribution in [-0.4, -0.2) is 38.2 Å². The van der Waals surface area contributed by atoms with Crippen molar-refractivity contribution < 1.29 is 8.83 Å². The molecule has 0 atom stereocenters. The monoisotopic (exact) mass is 1720 g/mol. The normalized spacial score (nSPS) is 12.6. The van der Waals surface area contributed by atoms with Crippen molar-refractivity contribution in [2.75, 3.05) is 0 Å². The van der Waals surface area contributed by atoms with Gasteiger partial charge >= 0.3 is 0 Å². The molecule has 8 aromatic heterocycles. The van der Waals surface area contributed by atoms with Crippen molar-refractivity contribution in [2.24, 2.45) is 0 Å². The molecule has 0 N–H and O–H groups in total. The molecule has 1 aliphatic carbocycles. The van der Waals surface area contributed by atoms with E-state index in [9.17, 15) is 0 Å². The Hall–Kier alpha value is -17.9. The lowest BCUT2D eigenvalue weighted by atomic mass is 9.81. The Morgan fingerprint density at radius 1 is 0.193 bits per heavy atom. The minimum absolute atomic E-state index is 0.135. The third kappa shape index (κ3) is 11.9. The average molecular weight is 1720 g/mol. The summed E-state index contributed by atoms with van der Waals surface area (Å²) in [6.07, 6.45) is 3.32. The first-order valence-electron chi connectivity index (χ1n) is 46.1. The van der Waals surface area contributed by atoms with Gasteiger partial charge in [0.2, 0.25) is 0 Å². The summed E-state index contributed by atoms with van der Waals surface area (Å²) in [6.45, 7) is 4.65. The summed E-state index contributed by atoms with van der Waals surface area (Å²) in [5.41, 5.74) is 42.2. The number of fused-ring (bicyclic) bond motifs is 21. The van der Waals surface area contributed by atoms with Crippen LogP contribution in [0.15, 0.2) is 446 Å². The maximum absolute atomic E-state index is 6.98. The molecule has 19 aromatic carbocycles. The molecule has 28 rings (SSSR count). The highest BCUT2D eigenvalue weighted by Crippen LogP contribution is 2.52. The Morgan fingerprint density at radius 2 is 0.533 bits per heavy atom. The van der Waals surface area contributed by atoms with Gasteiger partial charge in [-0.3, -0.25) is 0 Å². The molecule has 27 aromatic rings. The SMILES string of the molecule is CC1(C)c2ccccc2-c2ccc(-c3cccc4c3oc3c(-c5ccc(-c6cccc(-n7c8ccc(-c9cccc(-c%10ccc(-c%11ccc%12c(c%11)oc%11c(-c%13ccc(-n%14c%15ccccc%15c%15cc(-c%16ccc%17c(c%16)c%16ccccc%16n%17-c%16ccccc%16)ccc%15%14)cc%13)ncnc%11%12)cc%10)c9)cc8c8cc(-c9ccc%10c(c9)c9ccccc9n%10-c9ccccc9)ccc87)c6)cc5)ncnc34)cc21. The van der Waals surface area contributed by atoms with E-state index in [1.165, 1.54) is 87.8 Å². The van der Waals surface area contributed by atoms with Crippen molar-refractivity contribution in [2.45, 2.75) is 19.3 Å². The zero-order valence-electron chi connectivity index (χ0n) is 73.5. The van der Waals surface area contributed by atoms with Gasteiger partial charge < -0.3 is 27.1 Å². The van der Waals surface area contributed by atoms with Gasteiger partial charge in [-0.2, -0.15) is 0 Å². The fraction of sp³-hybridized carbons (Fsp3) is 0.0240. The lowest BCUT2D eigenvalue weighted by Gasteiger charge is -2.22. The number of nitrogens with zero attached hydrogens (tertiary/aromatic N) is 8. The number of hydrogen-bond acceptors (Lipinski definition) is 6. The van der Waals surface area contributed by atoms with E-state index in [2.05, 4.69) is 457 Å². The molecule has 0 spiro atoms. The predicted octanol–water partition coefficient (Wildman–Crippen LogP) is 32.8. The maximum Gasteiger partial charge on any atom is 0.180 e. The van der Waals surface area contributed by atoms with Crippen molar-refractivity contribution in [3.63, 3.8) is 0 Å². The molecule has 1 aliphatic rings. The minimum Gasteiger partial charge on any atom is -0.452 e. The summed E-state index contributed by atoms with van der Waals surface area (Å²) in [6, 6.07) is 155. The number of hydrogen-bond donors (Lipinski definition) is 0. The van der Waals surface area contributed by atoms with Gasteiger partial charge in [-0.1, -0.05) is 281 Å². The summed E-state index contributed by atoms with van der Waals surface area (Å²) in [5, 5.41) is 11.5. The molecular formula is C125H78N8O2. The van der Waals surface area contributed by atoms with Crippen molar-refractivity contribution in [1.82, 2.24) is 38.2 Å².